The highest BCUT2D eigenvalue weighted by atomic mass is 79.9. The molecule has 106 valence electrons. The van der Waals surface area contributed by atoms with Crippen LogP contribution in [-0.4, -0.2) is 17.9 Å². The van der Waals surface area contributed by atoms with Crippen LogP contribution in [0.4, 0.5) is 0 Å². The summed E-state index contributed by atoms with van der Waals surface area (Å²) >= 11 is 3.44. The summed E-state index contributed by atoms with van der Waals surface area (Å²) in [7, 11) is 1.77. The molecule has 0 saturated carbocycles. The van der Waals surface area contributed by atoms with E-state index in [1.807, 2.05) is 37.3 Å². The van der Waals surface area contributed by atoms with Crippen molar-refractivity contribution in [3.8, 4) is 6.07 Å². The number of amides is 1. The molecule has 0 atom stereocenters. The summed E-state index contributed by atoms with van der Waals surface area (Å²) < 4.78 is 0.924. The molecule has 0 aliphatic carbocycles. The Bertz CT molecular complexity index is 719. The highest BCUT2D eigenvalue weighted by Gasteiger charge is 2.15. The molecule has 0 radical (unpaired) electrons. The van der Waals surface area contributed by atoms with Crippen LogP contribution in [0.3, 0.4) is 0 Å². The summed E-state index contributed by atoms with van der Waals surface area (Å²) in [4.78, 5) is 14.2. The van der Waals surface area contributed by atoms with E-state index in [0.29, 0.717) is 17.7 Å². The Balaban J connectivity index is 2.20. The molecule has 0 fully saturated rings. The lowest BCUT2D eigenvalue weighted by molar-refractivity contribution is 0.0784. The largest absolute Gasteiger partial charge is 0.337 e. The topological polar surface area (TPSA) is 44.1 Å². The van der Waals surface area contributed by atoms with Crippen LogP contribution in [0, 0.1) is 18.3 Å². The predicted molar refractivity (Wildman–Crippen MR) is 85.8 cm³/mol. The summed E-state index contributed by atoms with van der Waals surface area (Å²) in [5, 5.41) is 8.91. The second-order valence-corrected chi connectivity index (χ2v) is 5.74. The Morgan fingerprint density at radius 1 is 1.29 bits per heavy atom. The number of benzene rings is 2. The van der Waals surface area contributed by atoms with Gasteiger partial charge in [0.15, 0.2) is 0 Å². The number of nitriles is 1. The Hall–Kier alpha value is -2.12. The summed E-state index contributed by atoms with van der Waals surface area (Å²) in [5.74, 6) is -0.0313. The maximum atomic E-state index is 12.5. The first-order chi connectivity index (χ1) is 10.0. The first-order valence-corrected chi connectivity index (χ1v) is 7.32. The van der Waals surface area contributed by atoms with Crippen LogP contribution < -0.4 is 0 Å². The van der Waals surface area contributed by atoms with Crippen molar-refractivity contribution in [1.29, 1.82) is 5.26 Å². The zero-order valence-corrected chi connectivity index (χ0v) is 13.5. The number of hydrogen-bond donors (Lipinski definition) is 0. The van der Waals surface area contributed by atoms with Crippen LogP contribution in [0.25, 0.3) is 0 Å². The fourth-order valence-electron chi connectivity index (χ4n) is 2.13. The maximum Gasteiger partial charge on any atom is 0.254 e. The third-order valence-electron chi connectivity index (χ3n) is 3.32. The smallest absolute Gasteiger partial charge is 0.254 e. The predicted octanol–water partition coefficient (Wildman–Crippen LogP) is 3.90. The minimum absolute atomic E-state index is 0.0313. The van der Waals surface area contributed by atoms with Crippen molar-refractivity contribution in [2.24, 2.45) is 0 Å². The van der Waals surface area contributed by atoms with Crippen molar-refractivity contribution in [3.05, 3.63) is 69.2 Å². The van der Waals surface area contributed by atoms with Crippen molar-refractivity contribution in [1.82, 2.24) is 4.90 Å². The van der Waals surface area contributed by atoms with Gasteiger partial charge in [-0.3, -0.25) is 4.79 Å². The molecule has 0 bridgehead atoms. The van der Waals surface area contributed by atoms with Crippen LogP contribution in [0.1, 0.15) is 27.0 Å². The van der Waals surface area contributed by atoms with Gasteiger partial charge in [0.2, 0.25) is 0 Å². The molecule has 2 aromatic rings. The number of hydrogen-bond acceptors (Lipinski definition) is 2. The summed E-state index contributed by atoms with van der Waals surface area (Å²) in [6, 6.07) is 15.0. The first-order valence-electron chi connectivity index (χ1n) is 6.52. The molecule has 0 aromatic heterocycles. The van der Waals surface area contributed by atoms with E-state index in [1.54, 1.807) is 24.1 Å². The van der Waals surface area contributed by atoms with Gasteiger partial charge in [0.05, 0.1) is 11.6 Å². The van der Waals surface area contributed by atoms with Crippen LogP contribution in [-0.2, 0) is 6.54 Å². The monoisotopic (exact) mass is 342 g/mol. The Kier molecular flexibility index (Phi) is 4.77. The standard InChI is InChI=1S/C17H15BrN2O/c1-12-15(7-4-8-16(12)18)17(21)20(2)11-14-6-3-5-13(9-14)10-19/h3-9H,11H2,1-2H3. The molecule has 0 unspecified atom stereocenters. The fourth-order valence-corrected chi connectivity index (χ4v) is 2.50. The van der Waals surface area contributed by atoms with Crippen LogP contribution in [0.15, 0.2) is 46.9 Å². The molecule has 3 nitrogen and oxygen atoms in total. The normalized spacial score (nSPS) is 10.0. The zero-order chi connectivity index (χ0) is 15.4. The molecule has 0 aliphatic rings. The fraction of sp³-hybridized carbons (Fsp3) is 0.176. The van der Waals surface area contributed by atoms with Gasteiger partial charge in [-0.15, -0.1) is 0 Å². The van der Waals surface area contributed by atoms with E-state index in [9.17, 15) is 4.79 Å². The van der Waals surface area contributed by atoms with Gasteiger partial charge >= 0.3 is 0 Å². The van der Waals surface area contributed by atoms with Gasteiger partial charge in [-0.2, -0.15) is 5.26 Å². The van der Waals surface area contributed by atoms with E-state index < -0.39 is 0 Å². The third kappa shape index (κ3) is 3.50. The molecule has 1 amide bonds. The Morgan fingerprint density at radius 3 is 2.71 bits per heavy atom. The quantitative estimate of drug-likeness (QED) is 0.848. The van der Waals surface area contributed by atoms with Gasteiger partial charge in [-0.05, 0) is 42.3 Å². The van der Waals surface area contributed by atoms with E-state index in [-0.39, 0.29) is 5.91 Å². The maximum absolute atomic E-state index is 12.5. The van der Waals surface area contributed by atoms with Gasteiger partial charge in [0.1, 0.15) is 0 Å². The molecule has 21 heavy (non-hydrogen) atoms. The Labute approximate surface area is 132 Å². The highest BCUT2D eigenvalue weighted by Crippen LogP contribution is 2.21. The highest BCUT2D eigenvalue weighted by molar-refractivity contribution is 9.10. The van der Waals surface area contributed by atoms with Crippen LogP contribution in [0.2, 0.25) is 0 Å². The number of carbonyl (C=O) groups is 1. The molecular formula is C17H15BrN2O. The van der Waals surface area contributed by atoms with Gasteiger partial charge in [0, 0.05) is 23.6 Å². The van der Waals surface area contributed by atoms with Crippen molar-refractivity contribution >= 4 is 21.8 Å². The second kappa shape index (κ2) is 6.55. The average molecular weight is 343 g/mol. The molecule has 2 rings (SSSR count). The lowest BCUT2D eigenvalue weighted by atomic mass is 10.1. The molecule has 0 N–H and O–H groups in total. The molecule has 0 spiro atoms. The number of carbonyl (C=O) groups excluding carboxylic acids is 1. The Morgan fingerprint density at radius 2 is 2.00 bits per heavy atom. The molecule has 0 aliphatic heterocycles. The van der Waals surface area contributed by atoms with Gasteiger partial charge < -0.3 is 4.90 Å². The van der Waals surface area contributed by atoms with E-state index in [0.717, 1.165) is 15.6 Å². The van der Waals surface area contributed by atoms with Crippen molar-refractivity contribution in [2.75, 3.05) is 7.05 Å². The lowest BCUT2D eigenvalue weighted by Crippen LogP contribution is -2.26. The van der Waals surface area contributed by atoms with Gasteiger partial charge in [-0.25, -0.2) is 0 Å². The first kappa shape index (κ1) is 15.3. The average Bonchev–Trinajstić information content (AvgIpc) is 2.49. The van der Waals surface area contributed by atoms with Gasteiger partial charge in [0.25, 0.3) is 5.91 Å². The summed E-state index contributed by atoms with van der Waals surface area (Å²) in [5.41, 5.74) is 3.16. The molecule has 0 heterocycles. The summed E-state index contributed by atoms with van der Waals surface area (Å²) in [6.07, 6.45) is 0. The van der Waals surface area contributed by atoms with Crippen molar-refractivity contribution in [3.63, 3.8) is 0 Å². The number of rotatable bonds is 3. The lowest BCUT2D eigenvalue weighted by Gasteiger charge is -2.19. The van der Waals surface area contributed by atoms with Crippen LogP contribution >= 0.6 is 15.9 Å². The molecule has 0 saturated heterocycles. The van der Waals surface area contributed by atoms with E-state index in [1.165, 1.54) is 0 Å². The minimum Gasteiger partial charge on any atom is -0.337 e. The van der Waals surface area contributed by atoms with Crippen molar-refractivity contribution in [2.45, 2.75) is 13.5 Å². The minimum atomic E-state index is -0.0313. The van der Waals surface area contributed by atoms with E-state index in [4.69, 9.17) is 5.26 Å². The molecule has 2 aromatic carbocycles. The number of halogens is 1. The van der Waals surface area contributed by atoms with Gasteiger partial charge in [-0.1, -0.05) is 34.1 Å². The van der Waals surface area contributed by atoms with Crippen molar-refractivity contribution < 1.29 is 4.79 Å². The SMILES string of the molecule is Cc1c(Br)cccc1C(=O)N(C)Cc1cccc(C#N)c1. The van der Waals surface area contributed by atoms with E-state index >= 15 is 0 Å². The third-order valence-corrected chi connectivity index (χ3v) is 4.18. The van der Waals surface area contributed by atoms with Crippen LogP contribution in [0.5, 0.6) is 0 Å². The number of nitrogens with zero attached hydrogens (tertiary/aromatic N) is 2. The second-order valence-electron chi connectivity index (χ2n) is 4.89. The summed E-state index contributed by atoms with van der Waals surface area (Å²) in [6.45, 7) is 2.39. The molecular weight excluding hydrogens is 328 g/mol. The molecule has 4 heteroatoms. The van der Waals surface area contributed by atoms with E-state index in [2.05, 4.69) is 22.0 Å². The zero-order valence-electron chi connectivity index (χ0n) is 11.9.